The Labute approximate surface area is 200 Å². The Morgan fingerprint density at radius 2 is 1.41 bits per heavy atom. The zero-order chi connectivity index (χ0) is 24.7. The number of carbonyl (C=O) groups excluding carboxylic acids is 3. The summed E-state index contributed by atoms with van der Waals surface area (Å²) in [6.07, 6.45) is 0.991. The number of nitrogens with one attached hydrogen (secondary N) is 3. The van der Waals surface area contributed by atoms with E-state index in [0.29, 0.717) is 22.7 Å². The quantitative estimate of drug-likeness (QED) is 0.436. The molecule has 3 rings (SSSR count). The van der Waals surface area contributed by atoms with Crippen LogP contribution >= 0.6 is 0 Å². The zero-order valence-electron chi connectivity index (χ0n) is 20.0. The normalized spacial score (nSPS) is 11.6. The Balaban J connectivity index is 1.52. The summed E-state index contributed by atoms with van der Waals surface area (Å²) in [6.45, 7) is 8.01. The number of carbonyl (C=O) groups is 3. The SMILES string of the molecule is Cc1ccccc1C(=O)Nc1ccc(C(=O)NNC(=O)C(C)c2ccc(CC(C)C)cc2)cc1. The molecule has 6 nitrogen and oxygen atoms in total. The van der Waals surface area contributed by atoms with Gasteiger partial charge in [-0.3, -0.25) is 25.2 Å². The maximum absolute atomic E-state index is 12.5. The Morgan fingerprint density at radius 1 is 0.765 bits per heavy atom. The van der Waals surface area contributed by atoms with Crippen LogP contribution in [0.25, 0.3) is 0 Å². The highest BCUT2D eigenvalue weighted by Crippen LogP contribution is 2.18. The summed E-state index contributed by atoms with van der Waals surface area (Å²) in [5, 5.41) is 2.82. The van der Waals surface area contributed by atoms with E-state index in [2.05, 4.69) is 30.0 Å². The molecule has 3 amide bonds. The third-order valence-corrected chi connectivity index (χ3v) is 5.61. The van der Waals surface area contributed by atoms with Crippen LogP contribution in [0, 0.1) is 12.8 Å². The van der Waals surface area contributed by atoms with Crippen molar-refractivity contribution in [2.75, 3.05) is 5.32 Å². The van der Waals surface area contributed by atoms with Crippen LogP contribution in [0.5, 0.6) is 0 Å². The number of rotatable bonds is 7. The molecule has 0 saturated carbocycles. The lowest BCUT2D eigenvalue weighted by molar-refractivity contribution is -0.123. The molecule has 0 bridgehead atoms. The van der Waals surface area contributed by atoms with Crippen molar-refractivity contribution in [2.24, 2.45) is 5.92 Å². The molecule has 0 spiro atoms. The van der Waals surface area contributed by atoms with Crippen molar-refractivity contribution in [3.8, 4) is 0 Å². The van der Waals surface area contributed by atoms with E-state index in [9.17, 15) is 14.4 Å². The van der Waals surface area contributed by atoms with E-state index in [1.807, 2.05) is 49.4 Å². The van der Waals surface area contributed by atoms with Crippen molar-refractivity contribution in [3.63, 3.8) is 0 Å². The average molecular weight is 458 g/mol. The summed E-state index contributed by atoms with van der Waals surface area (Å²) >= 11 is 0. The first-order valence-electron chi connectivity index (χ1n) is 11.4. The van der Waals surface area contributed by atoms with E-state index in [1.165, 1.54) is 5.56 Å². The maximum atomic E-state index is 12.5. The van der Waals surface area contributed by atoms with Gasteiger partial charge in [-0.25, -0.2) is 0 Å². The second-order valence-corrected chi connectivity index (χ2v) is 8.85. The van der Waals surface area contributed by atoms with E-state index >= 15 is 0 Å². The summed E-state index contributed by atoms with van der Waals surface area (Å²) in [7, 11) is 0. The fourth-order valence-electron chi connectivity index (χ4n) is 3.59. The smallest absolute Gasteiger partial charge is 0.269 e. The van der Waals surface area contributed by atoms with Gasteiger partial charge in [0.05, 0.1) is 5.92 Å². The average Bonchev–Trinajstić information content (AvgIpc) is 2.82. The molecule has 6 heteroatoms. The van der Waals surface area contributed by atoms with Gasteiger partial charge < -0.3 is 5.32 Å². The number of amides is 3. The number of aryl methyl sites for hydroxylation is 1. The van der Waals surface area contributed by atoms with Crippen LogP contribution in [0.15, 0.2) is 72.8 Å². The molecule has 34 heavy (non-hydrogen) atoms. The molecule has 3 aromatic rings. The van der Waals surface area contributed by atoms with Gasteiger partial charge in [0, 0.05) is 16.8 Å². The van der Waals surface area contributed by atoms with Crippen LogP contribution in [0.3, 0.4) is 0 Å². The lowest BCUT2D eigenvalue weighted by atomic mass is 9.96. The van der Waals surface area contributed by atoms with Crippen LogP contribution in [0.1, 0.15) is 64.1 Å². The zero-order valence-corrected chi connectivity index (χ0v) is 20.0. The van der Waals surface area contributed by atoms with E-state index in [4.69, 9.17) is 0 Å². The third kappa shape index (κ3) is 6.54. The highest BCUT2D eigenvalue weighted by atomic mass is 16.2. The summed E-state index contributed by atoms with van der Waals surface area (Å²) in [4.78, 5) is 37.4. The fraction of sp³-hybridized carbons (Fsp3) is 0.250. The van der Waals surface area contributed by atoms with Crippen molar-refractivity contribution < 1.29 is 14.4 Å². The Bertz CT molecular complexity index is 1150. The number of benzene rings is 3. The van der Waals surface area contributed by atoms with Gasteiger partial charge in [0.2, 0.25) is 5.91 Å². The van der Waals surface area contributed by atoms with Gasteiger partial charge in [-0.1, -0.05) is 56.3 Å². The largest absolute Gasteiger partial charge is 0.322 e. The monoisotopic (exact) mass is 457 g/mol. The van der Waals surface area contributed by atoms with Crippen LogP contribution in [0.2, 0.25) is 0 Å². The van der Waals surface area contributed by atoms with Crippen LogP contribution in [-0.4, -0.2) is 17.7 Å². The molecular weight excluding hydrogens is 426 g/mol. The second-order valence-electron chi connectivity index (χ2n) is 8.85. The standard InChI is InChI=1S/C28H31N3O3/c1-18(2)17-21-9-11-22(12-10-21)20(4)26(32)30-31-27(33)23-13-15-24(16-14-23)29-28(34)25-8-6-5-7-19(25)3/h5-16,18,20H,17H2,1-4H3,(H,29,34)(H,30,32)(H,31,33). The second kappa shape index (κ2) is 11.3. The molecule has 1 unspecified atom stereocenters. The molecule has 0 aliphatic carbocycles. The Kier molecular flexibility index (Phi) is 8.19. The van der Waals surface area contributed by atoms with E-state index < -0.39 is 11.8 Å². The molecule has 0 heterocycles. The number of hydrogen-bond donors (Lipinski definition) is 3. The minimum atomic E-state index is -0.440. The first kappa shape index (κ1) is 24.7. The molecule has 0 fully saturated rings. The summed E-state index contributed by atoms with van der Waals surface area (Å²) in [5.74, 6) is -0.793. The van der Waals surface area contributed by atoms with Crippen molar-refractivity contribution in [3.05, 3.63) is 101 Å². The predicted octanol–water partition coefficient (Wildman–Crippen LogP) is 5.01. The lowest BCUT2D eigenvalue weighted by Gasteiger charge is -2.14. The first-order valence-corrected chi connectivity index (χ1v) is 11.4. The Hall–Kier alpha value is -3.93. The predicted molar refractivity (Wildman–Crippen MR) is 135 cm³/mol. The van der Waals surface area contributed by atoms with Gasteiger partial charge >= 0.3 is 0 Å². The maximum Gasteiger partial charge on any atom is 0.269 e. The highest BCUT2D eigenvalue weighted by Gasteiger charge is 2.16. The molecule has 0 aliphatic rings. The van der Waals surface area contributed by atoms with E-state index in [-0.39, 0.29) is 11.8 Å². The summed E-state index contributed by atoms with van der Waals surface area (Å²) in [6, 6.07) is 21.8. The number of anilines is 1. The van der Waals surface area contributed by atoms with Gasteiger partial charge in [0.15, 0.2) is 0 Å². The van der Waals surface area contributed by atoms with Crippen molar-refractivity contribution in [1.29, 1.82) is 0 Å². The molecule has 0 aliphatic heterocycles. The highest BCUT2D eigenvalue weighted by molar-refractivity contribution is 6.05. The van der Waals surface area contributed by atoms with Gasteiger partial charge in [-0.15, -0.1) is 0 Å². The van der Waals surface area contributed by atoms with Crippen LogP contribution in [0.4, 0.5) is 5.69 Å². The summed E-state index contributed by atoms with van der Waals surface area (Å²) < 4.78 is 0. The van der Waals surface area contributed by atoms with E-state index in [1.54, 1.807) is 37.3 Å². The van der Waals surface area contributed by atoms with Gasteiger partial charge in [0.25, 0.3) is 11.8 Å². The molecule has 0 saturated heterocycles. The summed E-state index contributed by atoms with van der Waals surface area (Å²) in [5.41, 5.74) is 9.47. The van der Waals surface area contributed by atoms with Gasteiger partial charge in [-0.05, 0) is 73.2 Å². The fourth-order valence-corrected chi connectivity index (χ4v) is 3.59. The van der Waals surface area contributed by atoms with Gasteiger partial charge in [-0.2, -0.15) is 0 Å². The molecule has 0 aromatic heterocycles. The Morgan fingerprint density at radius 3 is 2.03 bits per heavy atom. The minimum Gasteiger partial charge on any atom is -0.322 e. The number of hydrazine groups is 1. The van der Waals surface area contributed by atoms with Crippen molar-refractivity contribution >= 4 is 23.4 Å². The number of hydrogen-bond acceptors (Lipinski definition) is 3. The molecule has 176 valence electrons. The van der Waals surface area contributed by atoms with Gasteiger partial charge in [0.1, 0.15) is 0 Å². The molecule has 0 radical (unpaired) electrons. The molecule has 3 aromatic carbocycles. The van der Waals surface area contributed by atoms with Crippen molar-refractivity contribution in [2.45, 2.75) is 40.0 Å². The van der Waals surface area contributed by atoms with Crippen molar-refractivity contribution in [1.82, 2.24) is 10.9 Å². The van der Waals surface area contributed by atoms with Crippen LogP contribution in [-0.2, 0) is 11.2 Å². The van der Waals surface area contributed by atoms with E-state index in [0.717, 1.165) is 17.5 Å². The van der Waals surface area contributed by atoms with Crippen LogP contribution < -0.4 is 16.2 Å². The minimum absolute atomic E-state index is 0.214. The molecule has 1 atom stereocenters. The topological polar surface area (TPSA) is 87.3 Å². The first-order chi connectivity index (χ1) is 16.2. The molecular formula is C28H31N3O3. The lowest BCUT2D eigenvalue weighted by Crippen LogP contribution is -2.43. The molecule has 3 N–H and O–H groups in total. The third-order valence-electron chi connectivity index (χ3n) is 5.61.